The maximum Gasteiger partial charge on any atom is 0.123 e. The fourth-order valence-electron chi connectivity index (χ4n) is 5.38. The van der Waals surface area contributed by atoms with Crippen molar-refractivity contribution in [3.05, 3.63) is 88.7 Å². The molecular formula is C31H32FNO. The van der Waals surface area contributed by atoms with Crippen molar-refractivity contribution < 1.29 is 9.13 Å². The lowest BCUT2D eigenvalue weighted by molar-refractivity contribution is 0.221. The number of ether oxygens (including phenoxy) is 1. The van der Waals surface area contributed by atoms with Gasteiger partial charge in [-0.05, 0) is 77.8 Å². The van der Waals surface area contributed by atoms with Gasteiger partial charge in [0.1, 0.15) is 11.6 Å². The number of fused-ring (bicyclic) bond motifs is 3. The molecule has 0 spiro atoms. The lowest BCUT2D eigenvalue weighted by atomic mass is 9.92. The van der Waals surface area contributed by atoms with E-state index in [1.807, 2.05) is 18.2 Å². The van der Waals surface area contributed by atoms with Crippen molar-refractivity contribution in [3.63, 3.8) is 0 Å². The highest BCUT2D eigenvalue weighted by Gasteiger charge is 2.28. The molecule has 1 unspecified atom stereocenters. The van der Waals surface area contributed by atoms with Crippen molar-refractivity contribution in [3.8, 4) is 28.7 Å². The van der Waals surface area contributed by atoms with Gasteiger partial charge in [-0.3, -0.25) is 4.90 Å². The van der Waals surface area contributed by atoms with Gasteiger partial charge in [0.25, 0.3) is 0 Å². The number of hydrogen-bond acceptors (Lipinski definition) is 2. The van der Waals surface area contributed by atoms with Gasteiger partial charge in [0.2, 0.25) is 0 Å². The minimum absolute atomic E-state index is 0.0467. The van der Waals surface area contributed by atoms with Crippen LogP contribution < -0.4 is 4.74 Å². The van der Waals surface area contributed by atoms with Crippen LogP contribution in [0.25, 0.3) is 11.1 Å². The van der Waals surface area contributed by atoms with Crippen molar-refractivity contribution >= 4 is 0 Å². The van der Waals surface area contributed by atoms with Gasteiger partial charge < -0.3 is 4.74 Å². The highest BCUT2D eigenvalue weighted by Crippen LogP contribution is 2.40. The summed E-state index contributed by atoms with van der Waals surface area (Å²) in [6, 6.07) is 19.9. The molecule has 1 fully saturated rings. The third kappa shape index (κ3) is 4.88. The largest absolute Gasteiger partial charge is 0.497 e. The van der Waals surface area contributed by atoms with Crippen LogP contribution in [0.15, 0.2) is 60.7 Å². The Bertz CT molecular complexity index is 1210. The highest BCUT2D eigenvalue weighted by molar-refractivity contribution is 5.73. The van der Waals surface area contributed by atoms with E-state index in [0.717, 1.165) is 47.9 Å². The fourth-order valence-corrected chi connectivity index (χ4v) is 5.38. The molecule has 0 saturated heterocycles. The summed E-state index contributed by atoms with van der Waals surface area (Å²) in [4.78, 5) is 2.43. The van der Waals surface area contributed by atoms with Gasteiger partial charge in [-0.1, -0.05) is 60.7 Å². The molecule has 1 aliphatic heterocycles. The Labute approximate surface area is 202 Å². The number of methoxy groups -OCH3 is 1. The van der Waals surface area contributed by atoms with Crippen LogP contribution in [-0.2, 0) is 13.1 Å². The van der Waals surface area contributed by atoms with Crippen molar-refractivity contribution in [2.75, 3.05) is 7.11 Å². The molecule has 3 aromatic carbocycles. The predicted molar refractivity (Wildman–Crippen MR) is 136 cm³/mol. The van der Waals surface area contributed by atoms with E-state index in [2.05, 4.69) is 54.0 Å². The van der Waals surface area contributed by atoms with Gasteiger partial charge in [-0.25, -0.2) is 4.39 Å². The maximum atomic E-state index is 14.4. The zero-order chi connectivity index (χ0) is 23.5. The second kappa shape index (κ2) is 10.0. The second-order valence-electron chi connectivity index (χ2n) is 9.72. The average molecular weight is 454 g/mol. The molecule has 3 aromatic rings. The van der Waals surface area contributed by atoms with E-state index >= 15 is 0 Å². The molecule has 2 aliphatic rings. The van der Waals surface area contributed by atoms with Gasteiger partial charge in [0.15, 0.2) is 0 Å². The monoisotopic (exact) mass is 453 g/mol. The Balaban J connectivity index is 1.57. The average Bonchev–Trinajstić information content (AvgIpc) is 3.33. The van der Waals surface area contributed by atoms with Crippen molar-refractivity contribution in [1.29, 1.82) is 0 Å². The molecule has 0 aromatic heterocycles. The van der Waals surface area contributed by atoms with Crippen molar-refractivity contribution in [2.24, 2.45) is 5.92 Å². The second-order valence-corrected chi connectivity index (χ2v) is 9.72. The first kappa shape index (κ1) is 22.7. The van der Waals surface area contributed by atoms with E-state index in [-0.39, 0.29) is 11.9 Å². The molecule has 174 valence electrons. The van der Waals surface area contributed by atoms with Crippen LogP contribution in [-0.4, -0.2) is 12.0 Å². The Morgan fingerprint density at radius 3 is 2.53 bits per heavy atom. The Kier molecular flexibility index (Phi) is 6.70. The van der Waals surface area contributed by atoms with Crippen LogP contribution in [0.3, 0.4) is 0 Å². The van der Waals surface area contributed by atoms with E-state index in [1.54, 1.807) is 19.2 Å². The minimum Gasteiger partial charge on any atom is -0.497 e. The van der Waals surface area contributed by atoms with Crippen LogP contribution in [0.4, 0.5) is 4.39 Å². The maximum absolute atomic E-state index is 14.4. The summed E-state index contributed by atoms with van der Waals surface area (Å²) < 4.78 is 19.7. The van der Waals surface area contributed by atoms with Gasteiger partial charge in [-0.15, -0.1) is 5.92 Å². The standard InChI is InChI=1S/C31H32FNO/c1-22-10-17-28-30(18-22)29-19-26(32)14-13-25(29)21-33(20-24-11-15-27(34-2)16-12-24)31(28)9-5-8-23-6-3-4-7-23/h10-19,23,31H,3-4,6-8,20-21H2,1-2H3. The number of hydrogen-bond donors (Lipinski definition) is 0. The van der Waals surface area contributed by atoms with Gasteiger partial charge in [-0.2, -0.15) is 0 Å². The number of rotatable bonds is 4. The molecule has 1 saturated carbocycles. The molecule has 1 heterocycles. The summed E-state index contributed by atoms with van der Waals surface area (Å²) in [6.07, 6.45) is 6.24. The predicted octanol–water partition coefficient (Wildman–Crippen LogP) is 7.45. The Morgan fingerprint density at radius 1 is 0.971 bits per heavy atom. The normalized spacial score (nSPS) is 17.9. The van der Waals surface area contributed by atoms with Gasteiger partial charge in [0.05, 0.1) is 13.2 Å². The van der Waals surface area contributed by atoms with Crippen molar-refractivity contribution in [1.82, 2.24) is 4.90 Å². The number of nitrogens with zero attached hydrogens (tertiary/aromatic N) is 1. The summed E-state index contributed by atoms with van der Waals surface area (Å²) in [5.74, 6) is 8.62. The summed E-state index contributed by atoms with van der Waals surface area (Å²) in [5, 5.41) is 0. The van der Waals surface area contributed by atoms with E-state index in [0.29, 0.717) is 0 Å². The van der Waals surface area contributed by atoms with Crippen LogP contribution in [0, 0.1) is 30.5 Å². The van der Waals surface area contributed by atoms with Crippen LogP contribution in [0.5, 0.6) is 5.75 Å². The zero-order valence-electron chi connectivity index (χ0n) is 20.1. The molecule has 0 N–H and O–H groups in total. The molecule has 2 nitrogen and oxygen atoms in total. The SMILES string of the molecule is COc1ccc(CN2Cc3ccc(F)cc3-c3cc(C)ccc3C2C#CCC2CCCC2)cc1. The fraction of sp³-hybridized carbons (Fsp3) is 0.355. The molecule has 0 amide bonds. The van der Waals surface area contributed by atoms with E-state index in [4.69, 9.17) is 4.74 Å². The van der Waals surface area contributed by atoms with Crippen molar-refractivity contribution in [2.45, 2.75) is 58.2 Å². The molecule has 0 bridgehead atoms. The minimum atomic E-state index is -0.196. The van der Waals surface area contributed by atoms with E-state index in [9.17, 15) is 4.39 Å². The number of aryl methyl sites for hydroxylation is 1. The lowest BCUT2D eigenvalue weighted by Gasteiger charge is -2.28. The molecule has 0 radical (unpaired) electrons. The molecule has 1 atom stereocenters. The zero-order valence-corrected chi connectivity index (χ0v) is 20.1. The number of benzene rings is 3. The first-order valence-corrected chi connectivity index (χ1v) is 12.4. The first-order chi connectivity index (χ1) is 16.6. The van der Waals surface area contributed by atoms with Gasteiger partial charge >= 0.3 is 0 Å². The van der Waals surface area contributed by atoms with Crippen LogP contribution in [0.2, 0.25) is 0 Å². The van der Waals surface area contributed by atoms with E-state index < -0.39 is 0 Å². The Morgan fingerprint density at radius 2 is 1.76 bits per heavy atom. The summed E-state index contributed by atoms with van der Waals surface area (Å²) >= 11 is 0. The highest BCUT2D eigenvalue weighted by atomic mass is 19.1. The van der Waals surface area contributed by atoms with E-state index in [1.165, 1.54) is 42.4 Å². The molecule has 34 heavy (non-hydrogen) atoms. The summed E-state index contributed by atoms with van der Waals surface area (Å²) in [6.45, 7) is 3.58. The third-order valence-electron chi connectivity index (χ3n) is 7.25. The number of halogens is 1. The lowest BCUT2D eigenvalue weighted by Crippen LogP contribution is -2.26. The molecule has 1 aliphatic carbocycles. The smallest absolute Gasteiger partial charge is 0.123 e. The Hall–Kier alpha value is -3.09. The first-order valence-electron chi connectivity index (χ1n) is 12.4. The van der Waals surface area contributed by atoms with Crippen LogP contribution in [0.1, 0.15) is 60.4 Å². The molecule has 5 rings (SSSR count). The summed E-state index contributed by atoms with van der Waals surface area (Å²) in [7, 11) is 1.69. The summed E-state index contributed by atoms with van der Waals surface area (Å²) in [5.41, 5.74) is 6.78. The van der Waals surface area contributed by atoms with Crippen LogP contribution >= 0.6 is 0 Å². The quantitative estimate of drug-likeness (QED) is 0.380. The molecule has 3 heteroatoms. The molecular weight excluding hydrogens is 421 g/mol. The van der Waals surface area contributed by atoms with Gasteiger partial charge in [0, 0.05) is 19.5 Å². The third-order valence-corrected chi connectivity index (χ3v) is 7.25. The topological polar surface area (TPSA) is 12.5 Å².